The molecule has 0 unspecified atom stereocenters. The fourth-order valence-electron chi connectivity index (χ4n) is 3.51. The van der Waals surface area contributed by atoms with Crippen LogP contribution in [0.3, 0.4) is 0 Å². The summed E-state index contributed by atoms with van der Waals surface area (Å²) in [6.07, 6.45) is 5.20. The third kappa shape index (κ3) is 4.68. The number of benzene rings is 2. The maximum absolute atomic E-state index is 13.1. The summed E-state index contributed by atoms with van der Waals surface area (Å²) in [4.78, 5) is 17.3. The lowest BCUT2D eigenvalue weighted by atomic mass is 9.92. The Morgan fingerprint density at radius 2 is 1.89 bits per heavy atom. The summed E-state index contributed by atoms with van der Waals surface area (Å²) >= 11 is 3.53. The molecule has 0 aliphatic heterocycles. The van der Waals surface area contributed by atoms with Gasteiger partial charge in [-0.2, -0.15) is 0 Å². The zero-order valence-electron chi connectivity index (χ0n) is 15.9. The summed E-state index contributed by atoms with van der Waals surface area (Å²) in [6, 6.07) is 20.2. The molecule has 3 aromatic rings. The van der Waals surface area contributed by atoms with Crippen molar-refractivity contribution in [2.75, 3.05) is 5.32 Å². The van der Waals surface area contributed by atoms with Crippen molar-refractivity contribution >= 4 is 27.5 Å². The van der Waals surface area contributed by atoms with Gasteiger partial charge in [0.2, 0.25) is 5.91 Å². The van der Waals surface area contributed by atoms with Crippen molar-refractivity contribution in [2.45, 2.75) is 32.1 Å². The van der Waals surface area contributed by atoms with Crippen LogP contribution in [0, 0.1) is 12.8 Å². The molecule has 28 heavy (non-hydrogen) atoms. The van der Waals surface area contributed by atoms with Gasteiger partial charge in [-0.05, 0) is 72.4 Å². The lowest BCUT2D eigenvalue weighted by Gasteiger charge is -2.18. The highest BCUT2D eigenvalue weighted by atomic mass is 79.9. The van der Waals surface area contributed by atoms with Crippen LogP contribution in [0.15, 0.2) is 71.3 Å². The minimum atomic E-state index is -0.118. The van der Waals surface area contributed by atoms with Gasteiger partial charge in [0, 0.05) is 22.1 Å². The molecule has 4 heteroatoms. The van der Waals surface area contributed by atoms with Crippen LogP contribution in [0.5, 0.6) is 0 Å². The zero-order valence-corrected chi connectivity index (χ0v) is 17.4. The first-order valence-electron chi connectivity index (χ1n) is 9.68. The molecule has 142 valence electrons. The number of rotatable bonds is 6. The van der Waals surface area contributed by atoms with E-state index in [-0.39, 0.29) is 11.8 Å². The molecule has 1 aliphatic carbocycles. The Labute approximate surface area is 174 Å². The number of nitrogens with zero attached hydrogens (tertiary/aromatic N) is 1. The van der Waals surface area contributed by atoms with Gasteiger partial charge in [0.15, 0.2) is 0 Å². The van der Waals surface area contributed by atoms with Gasteiger partial charge in [0.05, 0.1) is 5.92 Å². The van der Waals surface area contributed by atoms with Crippen LogP contribution >= 0.6 is 15.9 Å². The van der Waals surface area contributed by atoms with E-state index in [1.54, 1.807) is 0 Å². The lowest BCUT2D eigenvalue weighted by molar-refractivity contribution is -0.117. The van der Waals surface area contributed by atoms with E-state index < -0.39 is 0 Å². The van der Waals surface area contributed by atoms with E-state index in [1.165, 1.54) is 12.8 Å². The number of amides is 1. The topological polar surface area (TPSA) is 42.0 Å². The molecular formula is C24H23BrN2O. The van der Waals surface area contributed by atoms with Crippen LogP contribution in [0.1, 0.15) is 36.4 Å². The molecule has 1 saturated carbocycles. The monoisotopic (exact) mass is 434 g/mol. The number of aryl methyl sites for hydroxylation is 1. The molecule has 0 saturated heterocycles. The van der Waals surface area contributed by atoms with Crippen LogP contribution in [0.4, 0.5) is 5.69 Å². The van der Waals surface area contributed by atoms with Crippen molar-refractivity contribution in [1.29, 1.82) is 0 Å². The molecule has 0 spiro atoms. The van der Waals surface area contributed by atoms with Crippen molar-refractivity contribution < 1.29 is 4.79 Å². The van der Waals surface area contributed by atoms with Crippen LogP contribution < -0.4 is 5.32 Å². The molecule has 1 heterocycles. The third-order valence-corrected chi connectivity index (χ3v) is 5.71. The van der Waals surface area contributed by atoms with Gasteiger partial charge in [-0.1, -0.05) is 53.0 Å². The first kappa shape index (κ1) is 18.9. The van der Waals surface area contributed by atoms with Gasteiger partial charge < -0.3 is 5.32 Å². The lowest BCUT2D eigenvalue weighted by Crippen LogP contribution is -2.21. The molecule has 0 bridgehead atoms. The maximum Gasteiger partial charge on any atom is 0.231 e. The molecule has 1 atom stereocenters. The van der Waals surface area contributed by atoms with Crippen LogP contribution in [-0.2, 0) is 4.79 Å². The summed E-state index contributed by atoms with van der Waals surface area (Å²) in [5.41, 5.74) is 5.14. The SMILES string of the molecule is Cc1cc(-c2ccc(NC(=O)[C@H](CC3CC3)c3cccc(Br)c3)cc2)ccn1. The molecule has 0 radical (unpaired) electrons. The molecule has 1 fully saturated rings. The van der Waals surface area contributed by atoms with Crippen molar-refractivity contribution in [3.8, 4) is 11.1 Å². The van der Waals surface area contributed by atoms with Crippen molar-refractivity contribution in [3.63, 3.8) is 0 Å². The first-order valence-corrected chi connectivity index (χ1v) is 10.5. The number of anilines is 1. The Bertz CT molecular complexity index is 980. The Hall–Kier alpha value is -2.46. The quantitative estimate of drug-likeness (QED) is 0.491. The van der Waals surface area contributed by atoms with Gasteiger partial charge in [-0.3, -0.25) is 9.78 Å². The Kier molecular flexibility index (Phi) is 5.58. The Morgan fingerprint density at radius 3 is 2.57 bits per heavy atom. The standard InChI is InChI=1S/C24H23BrN2O/c1-16-13-19(11-12-26-16)18-7-9-22(10-8-18)27-24(28)23(14-17-5-6-17)20-3-2-4-21(25)15-20/h2-4,7-13,15,17,23H,5-6,14H2,1H3,(H,27,28)/t23-/m1/s1. The fourth-order valence-corrected chi connectivity index (χ4v) is 3.92. The smallest absolute Gasteiger partial charge is 0.231 e. The molecule has 1 amide bonds. The summed E-state index contributed by atoms with van der Waals surface area (Å²) < 4.78 is 1.01. The van der Waals surface area contributed by atoms with Crippen molar-refractivity contribution in [1.82, 2.24) is 4.98 Å². The molecule has 3 nitrogen and oxygen atoms in total. The van der Waals surface area contributed by atoms with Crippen molar-refractivity contribution in [3.05, 3.63) is 82.6 Å². The number of pyridine rings is 1. The maximum atomic E-state index is 13.1. The predicted molar refractivity (Wildman–Crippen MR) is 117 cm³/mol. The molecule has 1 aliphatic rings. The molecule has 2 aromatic carbocycles. The Balaban J connectivity index is 1.50. The highest BCUT2D eigenvalue weighted by Crippen LogP contribution is 2.39. The van der Waals surface area contributed by atoms with E-state index in [0.717, 1.165) is 39.0 Å². The molecule has 4 rings (SSSR count). The number of hydrogen-bond acceptors (Lipinski definition) is 2. The highest BCUT2D eigenvalue weighted by Gasteiger charge is 2.30. The average molecular weight is 435 g/mol. The number of carbonyl (C=O) groups is 1. The zero-order chi connectivity index (χ0) is 19.5. The highest BCUT2D eigenvalue weighted by molar-refractivity contribution is 9.10. The summed E-state index contributed by atoms with van der Waals surface area (Å²) in [7, 11) is 0. The van der Waals surface area contributed by atoms with Crippen LogP contribution in [0.25, 0.3) is 11.1 Å². The van der Waals surface area contributed by atoms with Crippen LogP contribution in [0.2, 0.25) is 0 Å². The minimum absolute atomic E-state index is 0.0671. The van der Waals surface area contributed by atoms with Crippen LogP contribution in [-0.4, -0.2) is 10.9 Å². The minimum Gasteiger partial charge on any atom is -0.326 e. The second-order valence-corrected chi connectivity index (χ2v) is 8.45. The number of nitrogens with one attached hydrogen (secondary N) is 1. The van der Waals surface area contributed by atoms with Gasteiger partial charge >= 0.3 is 0 Å². The molecule has 1 N–H and O–H groups in total. The van der Waals surface area contributed by atoms with Gasteiger partial charge in [-0.15, -0.1) is 0 Å². The van der Waals surface area contributed by atoms with Gasteiger partial charge in [0.1, 0.15) is 0 Å². The second kappa shape index (κ2) is 8.27. The van der Waals surface area contributed by atoms with E-state index in [9.17, 15) is 4.79 Å². The Morgan fingerprint density at radius 1 is 1.11 bits per heavy atom. The normalized spacial score (nSPS) is 14.5. The predicted octanol–water partition coefficient (Wildman–Crippen LogP) is 6.34. The van der Waals surface area contributed by atoms with E-state index in [1.807, 2.05) is 61.7 Å². The van der Waals surface area contributed by atoms with Gasteiger partial charge in [0.25, 0.3) is 0 Å². The van der Waals surface area contributed by atoms with Gasteiger partial charge in [-0.25, -0.2) is 0 Å². The summed E-state index contributed by atoms with van der Waals surface area (Å²) in [5.74, 6) is 0.622. The molecular weight excluding hydrogens is 412 g/mol. The fraction of sp³-hybridized carbons (Fsp3) is 0.250. The first-order chi connectivity index (χ1) is 13.6. The third-order valence-electron chi connectivity index (χ3n) is 5.22. The number of halogens is 1. The van der Waals surface area contributed by atoms with Crippen molar-refractivity contribution in [2.24, 2.45) is 5.92 Å². The average Bonchev–Trinajstić information content (AvgIpc) is 3.51. The molecule has 1 aromatic heterocycles. The van der Waals surface area contributed by atoms with E-state index >= 15 is 0 Å². The number of aromatic nitrogens is 1. The second-order valence-electron chi connectivity index (χ2n) is 7.54. The largest absolute Gasteiger partial charge is 0.326 e. The van der Waals surface area contributed by atoms with E-state index in [2.05, 4.69) is 38.4 Å². The number of carbonyl (C=O) groups excluding carboxylic acids is 1. The number of hydrogen-bond donors (Lipinski definition) is 1. The van der Waals surface area contributed by atoms with E-state index in [4.69, 9.17) is 0 Å². The summed E-state index contributed by atoms with van der Waals surface area (Å²) in [5, 5.41) is 3.12. The summed E-state index contributed by atoms with van der Waals surface area (Å²) in [6.45, 7) is 1.99. The van der Waals surface area contributed by atoms with E-state index in [0.29, 0.717) is 5.92 Å².